The molecule has 6 unspecified atom stereocenters. The molecule has 3 fully saturated rings. The van der Waals surface area contributed by atoms with E-state index in [1.54, 1.807) is 20.8 Å². The van der Waals surface area contributed by atoms with Gasteiger partial charge >= 0.3 is 64.7 Å². The van der Waals surface area contributed by atoms with Gasteiger partial charge in [0.05, 0.1) is 67.8 Å². The highest BCUT2D eigenvalue weighted by atomic mass is 31.2. The number of carbonyl (C=O) groups is 6. The number of alkyl halides is 1. The first-order valence-corrected chi connectivity index (χ1v) is 38.8. The minimum atomic E-state index is -4.42. The van der Waals surface area contributed by atoms with Crippen molar-refractivity contribution in [3.8, 4) is 0 Å². The number of anilines is 2. The molecule has 3 aromatic rings. The fourth-order valence-electron chi connectivity index (χ4n) is 10.5. The number of methoxy groups -OCH3 is 4. The number of nitrogen functional groups attached to an aromatic ring is 2. The number of nitrogens with zero attached hydrogens (tertiary/aromatic N) is 8. The van der Waals surface area contributed by atoms with Crippen LogP contribution in [0.3, 0.4) is 0 Å². The monoisotopic (exact) mass is 1630 g/mol. The maximum Gasteiger partial charge on any atom is 0.406 e. The van der Waals surface area contributed by atoms with E-state index >= 15 is 4.39 Å². The van der Waals surface area contributed by atoms with Crippen LogP contribution in [0.15, 0.2) is 53.1 Å². The molecule has 7 heterocycles. The Bertz CT molecular complexity index is 3880. The van der Waals surface area contributed by atoms with Gasteiger partial charge in [0, 0.05) is 12.4 Å². The number of halogens is 1. The molecule has 4 aliphatic rings. The molecule has 0 bridgehead atoms. The quantitative estimate of drug-likeness (QED) is 0.0206. The van der Waals surface area contributed by atoms with Crippen LogP contribution in [-0.4, -0.2) is 262 Å². The number of aliphatic hydroxyl groups excluding tert-OH is 5. The standard InChI is InChI=1S/C22H37N4O10P.C21H32FN6O9P.C19H31N4O11P/c1-6-32-18(27)12-35-37(31,25-15(10-13(3)4)22(30)33-7-2)34-11-16-19(28)20(29)21(36-16)26-9-8-17(23)24-14(26)5;1-10(2)6-12(21(31)34-5)27-38(32,36-8-14(29)33-4)35-7-13-17(30)15(22)20(37-13)28-9-24-16-18(23)25-11(3)26-19(16)28;1-10(2)7-11(18(27)31-4)22-35(29,33-9-14(24)30-3)32-8-12-15(25)16(26)17(34-12)23-6-5-13(20)21-19(23)28/h8-9,13,15-16,19-21,28-29H,5-7,10-12H2,1-4H3,(H2,23,24)(H,25,31);9-10,12-13,15,17,20,30H,6-8H2,1-5H3,(H,27,32)(H2,23,25,26);5-6,10-12,15-17,25-26H,7-9H2,1-4H3,(H,22,29)(H2,20,21,28)/t15-,16+,19?,20+,21+,37?;12-,13+,15+,17?,20+,38?;11-,12+,15?,16+,17+,35?/m000/s1. The van der Waals surface area contributed by atoms with Gasteiger partial charge in [0.15, 0.2) is 56.1 Å². The lowest BCUT2D eigenvalue weighted by Crippen LogP contribution is -2.42. The van der Waals surface area contributed by atoms with Crippen LogP contribution < -0.4 is 38.2 Å². The van der Waals surface area contributed by atoms with E-state index in [1.165, 1.54) is 40.3 Å². The van der Waals surface area contributed by atoms with E-state index in [-0.39, 0.29) is 84.7 Å². The number of aryl methyl sites for hydroxylation is 1. The molecule has 7 rings (SSSR count). The molecular weight excluding hydrogens is 1530 g/mol. The van der Waals surface area contributed by atoms with Gasteiger partial charge in [-0.25, -0.2) is 72.5 Å². The van der Waals surface area contributed by atoms with Gasteiger partial charge < -0.3 is 90.3 Å². The summed E-state index contributed by atoms with van der Waals surface area (Å²) >= 11 is 0. The SMILES string of the molecule is C=C1N=C(N)C=CN1[C@@H]1O[C@H](COP(=O)(N[C@@H](CC(C)C)C(=O)OCC)OCC(=O)OCC)C(O)[C@H]1O.COC(=O)COP(=O)(N[C@@H](CC(C)C)C(=O)OC)OC[C@H]1O[C@@H](n2ccc(N)nc2=O)[C@H](O)C1O.COC(=O)COP(=O)(N[C@@H](CC(C)C)C(=O)OC)OC[C@H]1O[C@@H](n2cnc3c(N)nc(C)nc32)[C@H](F)C1O. The normalized spacial score (nSPS) is 24.9. The van der Waals surface area contributed by atoms with Crippen LogP contribution in [0, 0.1) is 24.7 Å². The molecule has 0 amide bonds. The van der Waals surface area contributed by atoms with E-state index in [2.05, 4.69) is 56.2 Å². The lowest BCUT2D eigenvalue weighted by molar-refractivity contribution is -0.146. The molecule has 0 spiro atoms. The number of amidine groups is 1. The van der Waals surface area contributed by atoms with Crippen LogP contribution in [0.1, 0.15) is 92.9 Å². The number of ether oxygens (including phenoxy) is 9. The van der Waals surface area contributed by atoms with Gasteiger partial charge in [-0.1, -0.05) is 48.1 Å². The summed E-state index contributed by atoms with van der Waals surface area (Å²) in [5, 5.41) is 59.8. The maximum absolute atomic E-state index is 15.2. The molecule has 0 radical (unpaired) electrons. The summed E-state index contributed by atoms with van der Waals surface area (Å²) in [6.07, 6.45) is -11.2. The predicted molar refractivity (Wildman–Crippen MR) is 380 cm³/mol. The van der Waals surface area contributed by atoms with Crippen molar-refractivity contribution in [1.29, 1.82) is 0 Å². The number of esters is 6. The third kappa shape index (κ3) is 26.9. The predicted octanol–water partition coefficient (Wildman–Crippen LogP) is 0.104. The van der Waals surface area contributed by atoms with Crippen molar-refractivity contribution in [1.82, 2.24) is 49.2 Å². The van der Waals surface area contributed by atoms with Gasteiger partial charge in [0.25, 0.3) is 0 Å². The van der Waals surface area contributed by atoms with Gasteiger partial charge in [0.2, 0.25) is 0 Å². The van der Waals surface area contributed by atoms with E-state index in [0.717, 1.165) is 33.0 Å². The van der Waals surface area contributed by atoms with E-state index in [1.807, 2.05) is 41.5 Å². The van der Waals surface area contributed by atoms with Crippen molar-refractivity contribution in [2.75, 3.05) is 92.8 Å². The molecule has 14 N–H and O–H groups in total. The molecular formula is C62H100FN14O30P3. The summed E-state index contributed by atoms with van der Waals surface area (Å²) in [4.78, 5) is 105. The van der Waals surface area contributed by atoms with Crippen LogP contribution in [0.2, 0.25) is 0 Å². The fourth-order valence-corrected chi connectivity index (χ4v) is 14.8. The number of nitrogens with one attached hydrogen (secondary N) is 3. The minimum absolute atomic E-state index is 0.00121. The summed E-state index contributed by atoms with van der Waals surface area (Å²) in [6.45, 7) is 15.6. The lowest BCUT2D eigenvalue weighted by atomic mass is 10.1. The van der Waals surface area contributed by atoms with Crippen molar-refractivity contribution in [3.63, 3.8) is 0 Å². The van der Waals surface area contributed by atoms with Gasteiger partial charge in [-0.3, -0.25) is 50.7 Å². The van der Waals surface area contributed by atoms with Crippen LogP contribution in [-0.2, 0) is 112 Å². The highest BCUT2D eigenvalue weighted by molar-refractivity contribution is 7.52. The summed E-state index contributed by atoms with van der Waals surface area (Å²) < 4.78 is 135. The Hall–Kier alpha value is -7.46. The van der Waals surface area contributed by atoms with Crippen LogP contribution >= 0.6 is 23.2 Å². The first-order valence-electron chi connectivity index (χ1n) is 34.1. The molecule has 4 aliphatic heterocycles. The second-order valence-corrected chi connectivity index (χ2v) is 31.0. The zero-order chi connectivity index (χ0) is 82.3. The van der Waals surface area contributed by atoms with E-state index < -0.39 is 196 Å². The zero-order valence-corrected chi connectivity index (χ0v) is 65.4. The Balaban J connectivity index is 0.000000296. The number of aromatic nitrogens is 6. The van der Waals surface area contributed by atoms with E-state index in [4.69, 9.17) is 77.5 Å². The third-order valence-electron chi connectivity index (χ3n) is 15.8. The van der Waals surface area contributed by atoms with E-state index in [9.17, 15) is 72.8 Å². The molecule has 3 aromatic heterocycles. The van der Waals surface area contributed by atoms with Gasteiger partial charge in [-0.2, -0.15) is 4.98 Å². The number of hydrogen-bond acceptors (Lipinski definition) is 39. The van der Waals surface area contributed by atoms with Crippen LogP contribution in [0.5, 0.6) is 0 Å². The average molecular weight is 1630 g/mol. The molecule has 110 heavy (non-hydrogen) atoms. The Morgan fingerprint density at radius 1 is 0.591 bits per heavy atom. The number of carbonyl (C=O) groups excluding carboxylic acids is 6. The van der Waals surface area contributed by atoms with Crippen LogP contribution in [0.25, 0.3) is 11.2 Å². The fraction of sp³-hybridized carbons (Fsp3) is 0.677. The molecule has 48 heteroatoms. The second-order valence-electron chi connectivity index (χ2n) is 25.7. The molecule has 3 saturated heterocycles. The Morgan fingerprint density at radius 2 is 1.03 bits per heavy atom. The second kappa shape index (κ2) is 43.0. The molecule has 44 nitrogen and oxygen atoms in total. The Kier molecular flexibility index (Phi) is 36.4. The lowest BCUT2D eigenvalue weighted by Gasteiger charge is -2.30. The zero-order valence-electron chi connectivity index (χ0n) is 62.7. The highest BCUT2D eigenvalue weighted by Crippen LogP contribution is 2.49. The summed E-state index contributed by atoms with van der Waals surface area (Å²) in [6, 6.07) is -2.01. The van der Waals surface area contributed by atoms with Gasteiger partial charge in [-0.15, -0.1) is 0 Å². The number of imidazole rings is 1. The van der Waals surface area contributed by atoms with Crippen molar-refractivity contribution < 1.29 is 142 Å². The van der Waals surface area contributed by atoms with Crippen molar-refractivity contribution >= 4 is 87.7 Å². The van der Waals surface area contributed by atoms with Crippen molar-refractivity contribution in [2.45, 2.75) is 173 Å². The molecule has 620 valence electrons. The number of fused-ring (bicyclic) bond motifs is 1. The van der Waals surface area contributed by atoms with Crippen LogP contribution in [0.4, 0.5) is 16.0 Å². The largest absolute Gasteiger partial charge is 0.468 e. The highest BCUT2D eigenvalue weighted by Gasteiger charge is 2.51. The summed E-state index contributed by atoms with van der Waals surface area (Å²) in [5.41, 5.74) is 16.6. The molecule has 18 atom stereocenters. The smallest absolute Gasteiger partial charge is 0.406 e. The number of nitrogens with two attached hydrogens (primary N) is 3. The summed E-state index contributed by atoms with van der Waals surface area (Å²) in [7, 11) is -8.67. The topological polar surface area (TPSA) is 601 Å². The number of rotatable bonds is 38. The number of hydrogen-bond donors (Lipinski definition) is 11. The number of aliphatic hydroxyl groups is 5. The minimum Gasteiger partial charge on any atom is -0.468 e. The number of aliphatic imine (C=N–C) groups is 1. The average Bonchev–Trinajstić information content (AvgIpc) is 1.63. The molecule has 0 aromatic carbocycles. The van der Waals surface area contributed by atoms with Crippen molar-refractivity contribution in [2.24, 2.45) is 28.5 Å². The van der Waals surface area contributed by atoms with E-state index in [0.29, 0.717) is 5.82 Å². The first-order chi connectivity index (χ1) is 51.7. The van der Waals surface area contributed by atoms with Gasteiger partial charge in [-0.05, 0) is 69.9 Å². The summed E-state index contributed by atoms with van der Waals surface area (Å²) in [5.74, 6) is -3.99. The maximum atomic E-state index is 15.2. The molecule has 0 saturated carbocycles. The van der Waals surface area contributed by atoms with Gasteiger partial charge in [0.1, 0.15) is 95.8 Å². The third-order valence-corrected chi connectivity index (χ3v) is 20.6. The molecule has 0 aliphatic carbocycles. The Labute approximate surface area is 631 Å². The Morgan fingerprint density at radius 3 is 1.46 bits per heavy atom. The van der Waals surface area contributed by atoms with Crippen molar-refractivity contribution in [3.05, 3.63) is 59.6 Å². The first kappa shape index (κ1) is 93.1.